The van der Waals surface area contributed by atoms with Crippen LogP contribution in [0.5, 0.6) is 17.5 Å². The van der Waals surface area contributed by atoms with E-state index in [1.165, 1.54) is 4.90 Å². The summed E-state index contributed by atoms with van der Waals surface area (Å²) in [4.78, 5) is 64.5. The summed E-state index contributed by atoms with van der Waals surface area (Å²) < 4.78 is 39.0. The van der Waals surface area contributed by atoms with E-state index in [2.05, 4.69) is 25.3 Å². The Balaban J connectivity index is 1.34. The van der Waals surface area contributed by atoms with Crippen molar-refractivity contribution < 1.29 is 47.3 Å². The van der Waals surface area contributed by atoms with Crippen molar-refractivity contribution >= 4 is 44.9 Å². The van der Waals surface area contributed by atoms with Crippen molar-refractivity contribution in [1.82, 2.24) is 30.2 Å². The van der Waals surface area contributed by atoms with Gasteiger partial charge in [0.1, 0.15) is 29.5 Å². The number of benzene rings is 1. The molecule has 16 nitrogen and oxygen atoms in total. The summed E-state index contributed by atoms with van der Waals surface area (Å²) in [6, 6.07) is 2.51. The maximum absolute atomic E-state index is 14.5. The molecule has 7 atom stereocenters. The normalized spacial score (nSPS) is 30.5. The monoisotopic (exact) mass is 756 g/mol. The zero-order valence-corrected chi connectivity index (χ0v) is 31.1. The smallest absolute Gasteiger partial charge is 0.405 e. The second kappa shape index (κ2) is 14.6. The number of aromatic hydroxyl groups is 1. The highest BCUT2D eigenvalue weighted by molar-refractivity contribution is 7.91. The summed E-state index contributed by atoms with van der Waals surface area (Å²) in [6.07, 6.45) is 4.64. The lowest BCUT2D eigenvalue weighted by molar-refractivity contribution is -0.142. The summed E-state index contributed by atoms with van der Waals surface area (Å²) in [7, 11) is -4.03. The molecule has 2 aromatic rings. The van der Waals surface area contributed by atoms with Gasteiger partial charge in [0, 0.05) is 18.4 Å². The van der Waals surface area contributed by atoms with Crippen LogP contribution in [-0.2, 0) is 24.4 Å². The highest BCUT2D eigenvalue weighted by atomic mass is 32.2. The fourth-order valence-electron chi connectivity index (χ4n) is 7.45. The third-order valence-corrected chi connectivity index (χ3v) is 13.2. The lowest BCUT2D eigenvalue weighted by atomic mass is 9.85. The van der Waals surface area contributed by atoms with Crippen LogP contribution in [0.15, 0.2) is 30.4 Å². The number of fused-ring (bicyclic) bond motifs is 3. The number of nitrogens with zero attached hydrogens (tertiary/aromatic N) is 3. The largest absolute Gasteiger partial charge is 0.494 e. The second-order valence-corrected chi connectivity index (χ2v) is 17.2. The topological polar surface area (TPSA) is 226 Å². The molecule has 17 heteroatoms. The van der Waals surface area contributed by atoms with Crippen molar-refractivity contribution in [2.24, 2.45) is 17.8 Å². The first-order chi connectivity index (χ1) is 25.1. The van der Waals surface area contributed by atoms with E-state index in [-0.39, 0.29) is 31.2 Å². The molecule has 3 heterocycles. The highest BCUT2D eigenvalue weighted by Gasteiger charge is 2.63. The SMILES string of the molecule is CCOc1ccc2nc(O)c(O[C@@H]3C[C@H]4C(=O)N[C@]5(C(=O)NS(=O)(=O)C6(C)CC6)C[C@H]5/C=C\CC[C@@H](C)C[C@@H](CC)[C@H](NC(=O)O)C(=O)N4C3)nc2c1. The van der Waals surface area contributed by atoms with E-state index in [1.807, 2.05) is 32.9 Å². The minimum atomic E-state index is -4.03. The third kappa shape index (κ3) is 7.85. The Morgan fingerprint density at radius 1 is 1.13 bits per heavy atom. The van der Waals surface area contributed by atoms with E-state index < -0.39 is 80.0 Å². The van der Waals surface area contributed by atoms with Gasteiger partial charge in [0.2, 0.25) is 21.8 Å². The van der Waals surface area contributed by atoms with E-state index in [1.54, 1.807) is 25.1 Å². The Bertz CT molecular complexity index is 1920. The van der Waals surface area contributed by atoms with Crippen LogP contribution in [0.1, 0.15) is 79.1 Å². The number of aromatic nitrogens is 2. The fourth-order valence-corrected chi connectivity index (χ4v) is 8.76. The van der Waals surface area contributed by atoms with E-state index in [0.717, 1.165) is 6.42 Å². The average molecular weight is 757 g/mol. The number of amides is 4. The van der Waals surface area contributed by atoms with Crippen LogP contribution < -0.4 is 24.8 Å². The summed E-state index contributed by atoms with van der Waals surface area (Å²) in [5.41, 5.74) is -0.841. The molecular formula is C36H48N6O10S. The molecule has 1 aromatic heterocycles. The van der Waals surface area contributed by atoms with Gasteiger partial charge < -0.3 is 35.2 Å². The van der Waals surface area contributed by atoms with Crippen molar-refractivity contribution in [2.75, 3.05) is 13.2 Å². The molecule has 0 unspecified atom stereocenters. The van der Waals surface area contributed by atoms with Gasteiger partial charge in [0.25, 0.3) is 17.7 Å². The predicted molar refractivity (Wildman–Crippen MR) is 191 cm³/mol. The zero-order valence-electron chi connectivity index (χ0n) is 30.3. The molecule has 0 bridgehead atoms. The minimum Gasteiger partial charge on any atom is -0.494 e. The maximum Gasteiger partial charge on any atom is 0.405 e. The third-order valence-electron chi connectivity index (χ3n) is 11.1. The van der Waals surface area contributed by atoms with Crippen LogP contribution in [0.3, 0.4) is 0 Å². The van der Waals surface area contributed by atoms with E-state index in [9.17, 15) is 37.8 Å². The van der Waals surface area contributed by atoms with Crippen molar-refractivity contribution in [3.63, 3.8) is 0 Å². The molecule has 5 N–H and O–H groups in total. The van der Waals surface area contributed by atoms with Crippen LogP contribution in [-0.4, -0.2) is 98.9 Å². The molecule has 2 saturated carbocycles. The molecular weight excluding hydrogens is 708 g/mol. The minimum absolute atomic E-state index is 0.0974. The summed E-state index contributed by atoms with van der Waals surface area (Å²) in [5.74, 6) is -3.25. The molecule has 2 aliphatic carbocycles. The first kappa shape index (κ1) is 38.1. The molecule has 288 valence electrons. The van der Waals surface area contributed by atoms with Crippen LogP contribution in [0.25, 0.3) is 11.0 Å². The van der Waals surface area contributed by atoms with Crippen LogP contribution in [0.4, 0.5) is 4.79 Å². The number of rotatable bonds is 9. The fraction of sp³-hybridized carbons (Fsp3) is 0.611. The summed E-state index contributed by atoms with van der Waals surface area (Å²) >= 11 is 0. The van der Waals surface area contributed by atoms with Gasteiger partial charge in [-0.05, 0) is 76.3 Å². The number of sulfonamides is 1. The van der Waals surface area contributed by atoms with E-state index >= 15 is 0 Å². The molecule has 3 fully saturated rings. The number of hydrogen-bond donors (Lipinski definition) is 5. The molecule has 6 rings (SSSR count). The maximum atomic E-state index is 14.5. The van der Waals surface area contributed by atoms with Crippen LogP contribution in [0.2, 0.25) is 0 Å². The van der Waals surface area contributed by atoms with Crippen LogP contribution >= 0.6 is 0 Å². The van der Waals surface area contributed by atoms with Gasteiger partial charge in [0.15, 0.2) is 0 Å². The molecule has 1 saturated heterocycles. The molecule has 0 radical (unpaired) electrons. The summed E-state index contributed by atoms with van der Waals surface area (Å²) in [5, 5.41) is 25.8. The van der Waals surface area contributed by atoms with Gasteiger partial charge in [-0.2, -0.15) is 0 Å². The number of nitrogens with one attached hydrogen (secondary N) is 3. The molecule has 2 aliphatic heterocycles. The molecule has 0 spiro atoms. The number of hydrogen-bond acceptors (Lipinski definition) is 11. The number of carbonyl (C=O) groups excluding carboxylic acids is 3. The summed E-state index contributed by atoms with van der Waals surface area (Å²) in [6.45, 7) is 7.52. The van der Waals surface area contributed by atoms with Gasteiger partial charge in [-0.1, -0.05) is 32.4 Å². The van der Waals surface area contributed by atoms with Gasteiger partial charge in [-0.15, -0.1) is 0 Å². The second-order valence-electron chi connectivity index (χ2n) is 15.0. The molecule has 4 aliphatic rings. The van der Waals surface area contributed by atoms with Crippen molar-refractivity contribution in [3.8, 4) is 17.5 Å². The Kier molecular flexibility index (Phi) is 10.5. The van der Waals surface area contributed by atoms with E-state index in [4.69, 9.17) is 9.47 Å². The van der Waals surface area contributed by atoms with Crippen molar-refractivity contribution in [3.05, 3.63) is 30.4 Å². The lowest BCUT2D eigenvalue weighted by Crippen LogP contribution is -2.59. The number of allylic oxidation sites excluding steroid dienone is 1. The number of carboxylic acid groups (broad SMARTS) is 1. The average Bonchev–Trinajstić information content (AvgIpc) is 3.98. The van der Waals surface area contributed by atoms with E-state index in [0.29, 0.717) is 55.5 Å². The molecule has 53 heavy (non-hydrogen) atoms. The first-order valence-electron chi connectivity index (χ1n) is 18.2. The number of carbonyl (C=O) groups is 4. The Morgan fingerprint density at radius 3 is 2.57 bits per heavy atom. The van der Waals surface area contributed by atoms with Crippen molar-refractivity contribution in [2.45, 2.75) is 108 Å². The van der Waals surface area contributed by atoms with Gasteiger partial charge in [-0.25, -0.2) is 23.2 Å². The quantitative estimate of drug-likeness (QED) is 0.233. The standard InChI is InChI=1S/C36H48N6O10S/c1-5-21-15-20(3)9-7-8-10-22-18-36(22,33(46)41-53(49,50)35(4)13-14-35)40-29(43)27-17-24(19-42(27)32(45)28(21)39-34(47)48)52-31-30(44)37-25-12-11-23(51-6-2)16-26(25)38-31/h8,10-12,16,20-22,24,27-28,39H,5-7,9,13-15,17-19H2,1-4H3,(H,37,44)(H,40,43)(H,41,46)(H,47,48)/b10-8-/t20-,21-,22-,24-,27+,28+,36-/m1/s1. The number of ether oxygens (including phenoxy) is 2. The van der Waals surface area contributed by atoms with Gasteiger partial charge >= 0.3 is 6.09 Å². The first-order valence-corrected chi connectivity index (χ1v) is 19.7. The van der Waals surface area contributed by atoms with Gasteiger partial charge in [-0.3, -0.25) is 19.1 Å². The Morgan fingerprint density at radius 2 is 1.89 bits per heavy atom. The van der Waals surface area contributed by atoms with Crippen LogP contribution in [0, 0.1) is 17.8 Å². The Hall–Kier alpha value is -4.67. The zero-order chi connectivity index (χ0) is 38.3. The van der Waals surface area contributed by atoms with Gasteiger partial charge in [0.05, 0.1) is 28.9 Å². The highest BCUT2D eigenvalue weighted by Crippen LogP contribution is 2.47. The predicted octanol–water partition coefficient (Wildman–Crippen LogP) is 2.99. The van der Waals surface area contributed by atoms with Crippen molar-refractivity contribution in [1.29, 1.82) is 0 Å². The lowest BCUT2D eigenvalue weighted by Gasteiger charge is -2.33. The molecule has 1 aromatic carbocycles. The molecule has 4 amide bonds. The Labute approximate surface area is 308 Å².